The summed E-state index contributed by atoms with van der Waals surface area (Å²) in [6, 6.07) is 15.8. The van der Waals surface area contributed by atoms with E-state index < -0.39 is 12.0 Å². The van der Waals surface area contributed by atoms with Crippen LogP contribution in [0.15, 0.2) is 66.7 Å². The Morgan fingerprint density at radius 2 is 1.19 bits per heavy atom. The number of hydrogen-bond acceptors (Lipinski definition) is 8. The molecule has 0 fully saturated rings. The number of aromatic hydroxyl groups is 7. The first kappa shape index (κ1) is 22.8. The predicted octanol–water partition coefficient (Wildman–Crippen LogP) is 5.06. The van der Waals surface area contributed by atoms with Crippen LogP contribution in [-0.2, 0) is 0 Å². The minimum absolute atomic E-state index is 0.0823. The van der Waals surface area contributed by atoms with Crippen LogP contribution in [-0.4, -0.2) is 35.7 Å². The largest absolute Gasteiger partial charge is 0.508 e. The van der Waals surface area contributed by atoms with Crippen molar-refractivity contribution in [2.75, 3.05) is 0 Å². The van der Waals surface area contributed by atoms with Crippen LogP contribution in [0, 0.1) is 0 Å². The average molecular weight is 486 g/mol. The fourth-order valence-electron chi connectivity index (χ4n) is 4.48. The van der Waals surface area contributed by atoms with Gasteiger partial charge in [0.2, 0.25) is 0 Å². The van der Waals surface area contributed by atoms with Crippen molar-refractivity contribution in [3.8, 4) is 46.0 Å². The topological polar surface area (TPSA) is 151 Å². The first-order valence-electron chi connectivity index (χ1n) is 11.0. The Balaban J connectivity index is 1.62. The third-order valence-electron chi connectivity index (χ3n) is 6.04. The summed E-state index contributed by atoms with van der Waals surface area (Å²) in [5.74, 6) is -1.39. The molecule has 5 rings (SSSR count). The summed E-state index contributed by atoms with van der Waals surface area (Å²) in [6.07, 6.45) is 2.51. The zero-order valence-electron chi connectivity index (χ0n) is 18.7. The van der Waals surface area contributed by atoms with Crippen molar-refractivity contribution in [1.29, 1.82) is 0 Å². The molecule has 1 heterocycles. The Morgan fingerprint density at radius 1 is 0.556 bits per heavy atom. The highest BCUT2D eigenvalue weighted by molar-refractivity contribution is 5.75. The summed E-state index contributed by atoms with van der Waals surface area (Å²) < 4.78 is 6.16. The van der Waals surface area contributed by atoms with Crippen molar-refractivity contribution in [1.82, 2.24) is 0 Å². The normalized spacial score (nSPS) is 16.7. The number of rotatable bonds is 4. The smallest absolute Gasteiger partial charge is 0.157 e. The Bertz CT molecular complexity index is 1470. The molecule has 4 aromatic rings. The lowest BCUT2D eigenvalue weighted by Gasteiger charge is -2.21. The van der Waals surface area contributed by atoms with Gasteiger partial charge in [-0.05, 0) is 59.2 Å². The van der Waals surface area contributed by atoms with E-state index in [0.29, 0.717) is 33.6 Å². The first-order chi connectivity index (χ1) is 17.2. The molecule has 8 nitrogen and oxygen atoms in total. The van der Waals surface area contributed by atoms with Crippen LogP contribution >= 0.6 is 0 Å². The van der Waals surface area contributed by atoms with Gasteiger partial charge in [0.15, 0.2) is 11.5 Å². The summed E-state index contributed by atoms with van der Waals surface area (Å²) in [6.45, 7) is 0. The van der Waals surface area contributed by atoms with Crippen molar-refractivity contribution < 1.29 is 40.5 Å². The van der Waals surface area contributed by atoms with Gasteiger partial charge in [0.05, 0.1) is 5.92 Å². The SMILES string of the molecule is Oc1cc(O)cc(C=Cc2cc3c(cc2O)O[C@H](c2ccc(O)c(O)c2)[C@H]3c2cc(O)cc(O)c2)c1. The van der Waals surface area contributed by atoms with E-state index in [4.69, 9.17) is 4.74 Å². The molecule has 0 amide bonds. The number of hydrogen-bond donors (Lipinski definition) is 7. The van der Waals surface area contributed by atoms with E-state index in [-0.39, 0.29) is 40.2 Å². The molecule has 0 bridgehead atoms. The van der Waals surface area contributed by atoms with Gasteiger partial charge in [-0.25, -0.2) is 0 Å². The number of fused-ring (bicyclic) bond motifs is 1. The highest BCUT2D eigenvalue weighted by Gasteiger charge is 2.38. The van der Waals surface area contributed by atoms with Crippen molar-refractivity contribution in [2.24, 2.45) is 0 Å². The molecule has 1 aliphatic rings. The third kappa shape index (κ3) is 4.27. The van der Waals surface area contributed by atoms with E-state index in [1.54, 1.807) is 24.3 Å². The molecular weight excluding hydrogens is 464 g/mol. The summed E-state index contributed by atoms with van der Waals surface area (Å²) in [5.41, 5.74) is 2.64. The molecule has 0 aromatic heterocycles. The standard InChI is InChI=1S/C28H22O8/c29-18-5-14(6-19(30)11-18)1-2-15-9-22-26(13-24(15)34)36-28(16-3-4-23(33)25(35)10-16)27(22)17-7-20(31)12-21(32)8-17/h1-13,27-35H/t27-,28+/m0/s1. The van der Waals surface area contributed by atoms with Crippen LogP contribution in [0.25, 0.3) is 12.2 Å². The minimum Gasteiger partial charge on any atom is -0.508 e. The van der Waals surface area contributed by atoms with Crippen molar-refractivity contribution >= 4 is 12.2 Å². The molecule has 4 aromatic carbocycles. The quantitative estimate of drug-likeness (QED) is 0.156. The van der Waals surface area contributed by atoms with E-state index in [1.807, 2.05) is 0 Å². The molecule has 36 heavy (non-hydrogen) atoms. The van der Waals surface area contributed by atoms with Crippen LogP contribution in [0.4, 0.5) is 0 Å². The molecule has 0 saturated heterocycles. The van der Waals surface area contributed by atoms with E-state index in [2.05, 4.69) is 0 Å². The second-order valence-corrected chi connectivity index (χ2v) is 8.61. The van der Waals surface area contributed by atoms with Crippen LogP contribution in [0.3, 0.4) is 0 Å². The molecule has 1 aliphatic heterocycles. The zero-order chi connectivity index (χ0) is 25.6. The summed E-state index contributed by atoms with van der Waals surface area (Å²) in [5, 5.41) is 70.2. The lowest BCUT2D eigenvalue weighted by Crippen LogP contribution is -2.11. The Kier molecular flexibility index (Phi) is 5.49. The summed E-state index contributed by atoms with van der Waals surface area (Å²) >= 11 is 0. The molecule has 0 unspecified atom stereocenters. The molecule has 8 heteroatoms. The van der Waals surface area contributed by atoms with E-state index in [9.17, 15) is 35.7 Å². The second kappa shape index (κ2) is 8.66. The number of ether oxygens (including phenoxy) is 1. The van der Waals surface area contributed by atoms with E-state index >= 15 is 0 Å². The fraction of sp³-hybridized carbons (Fsp3) is 0.0714. The van der Waals surface area contributed by atoms with Gasteiger partial charge in [-0.2, -0.15) is 0 Å². The van der Waals surface area contributed by atoms with Crippen molar-refractivity contribution in [2.45, 2.75) is 12.0 Å². The van der Waals surface area contributed by atoms with Gasteiger partial charge in [0, 0.05) is 29.3 Å². The Morgan fingerprint density at radius 3 is 1.83 bits per heavy atom. The molecule has 7 N–H and O–H groups in total. The molecule has 0 saturated carbocycles. The Hall–Kier alpha value is -4.98. The van der Waals surface area contributed by atoms with Crippen LogP contribution < -0.4 is 4.74 Å². The maximum absolute atomic E-state index is 10.7. The highest BCUT2D eigenvalue weighted by Crippen LogP contribution is 2.52. The summed E-state index contributed by atoms with van der Waals surface area (Å²) in [4.78, 5) is 0. The van der Waals surface area contributed by atoms with E-state index in [0.717, 1.165) is 0 Å². The van der Waals surface area contributed by atoms with Gasteiger partial charge < -0.3 is 40.5 Å². The Labute approximate surface area is 205 Å². The molecule has 0 aliphatic carbocycles. The fourth-order valence-corrected chi connectivity index (χ4v) is 4.48. The van der Waals surface area contributed by atoms with Crippen molar-refractivity contribution in [3.05, 3.63) is 94.5 Å². The van der Waals surface area contributed by atoms with Gasteiger partial charge in [-0.1, -0.05) is 18.2 Å². The van der Waals surface area contributed by atoms with Gasteiger partial charge in [0.1, 0.15) is 40.6 Å². The van der Waals surface area contributed by atoms with E-state index in [1.165, 1.54) is 54.6 Å². The summed E-state index contributed by atoms with van der Waals surface area (Å²) in [7, 11) is 0. The third-order valence-corrected chi connectivity index (χ3v) is 6.04. The van der Waals surface area contributed by atoms with Crippen LogP contribution in [0.5, 0.6) is 46.0 Å². The average Bonchev–Trinajstić information content (AvgIpc) is 3.16. The molecule has 2 atom stereocenters. The minimum atomic E-state index is -0.714. The van der Waals surface area contributed by atoms with Crippen LogP contribution in [0.2, 0.25) is 0 Å². The lowest BCUT2D eigenvalue weighted by atomic mass is 9.84. The maximum atomic E-state index is 10.7. The first-order valence-corrected chi connectivity index (χ1v) is 11.0. The number of phenols is 7. The molecule has 0 spiro atoms. The maximum Gasteiger partial charge on any atom is 0.157 e. The number of phenolic OH excluding ortho intramolecular Hbond substituents is 7. The van der Waals surface area contributed by atoms with Crippen LogP contribution in [0.1, 0.15) is 39.8 Å². The van der Waals surface area contributed by atoms with Gasteiger partial charge >= 0.3 is 0 Å². The number of benzene rings is 4. The van der Waals surface area contributed by atoms with Gasteiger partial charge in [0.25, 0.3) is 0 Å². The predicted molar refractivity (Wildman–Crippen MR) is 132 cm³/mol. The van der Waals surface area contributed by atoms with Crippen molar-refractivity contribution in [3.63, 3.8) is 0 Å². The molecule has 0 radical (unpaired) electrons. The van der Waals surface area contributed by atoms with Gasteiger partial charge in [-0.15, -0.1) is 0 Å². The monoisotopic (exact) mass is 486 g/mol. The second-order valence-electron chi connectivity index (χ2n) is 8.61. The van der Waals surface area contributed by atoms with Gasteiger partial charge in [-0.3, -0.25) is 0 Å². The zero-order valence-corrected chi connectivity index (χ0v) is 18.7. The molecule has 182 valence electrons. The lowest BCUT2D eigenvalue weighted by molar-refractivity contribution is 0.221. The molecular formula is C28H22O8. The highest BCUT2D eigenvalue weighted by atomic mass is 16.5.